The monoisotopic (exact) mass is 360 g/mol. The van der Waals surface area contributed by atoms with Gasteiger partial charge in [-0.2, -0.15) is 0 Å². The number of hydrogen-bond donors (Lipinski definition) is 2. The molecule has 0 aliphatic carbocycles. The van der Waals surface area contributed by atoms with Gasteiger partial charge < -0.3 is 19.9 Å². The molecule has 1 saturated heterocycles. The second kappa shape index (κ2) is 8.21. The van der Waals surface area contributed by atoms with Crippen molar-refractivity contribution in [3.63, 3.8) is 0 Å². The number of rotatable bonds is 4. The van der Waals surface area contributed by atoms with Crippen LogP contribution in [0.15, 0.2) is 29.4 Å². The summed E-state index contributed by atoms with van der Waals surface area (Å²) in [5.41, 5.74) is 2.02. The fourth-order valence-corrected chi connectivity index (χ4v) is 3.49. The van der Waals surface area contributed by atoms with Gasteiger partial charge in [0, 0.05) is 43.8 Å². The molecule has 6 nitrogen and oxygen atoms in total. The number of H-pyrrole nitrogens is 1. The molecule has 0 spiro atoms. The van der Waals surface area contributed by atoms with Gasteiger partial charge in [-0.05, 0) is 43.0 Å². The number of hydrogen-bond acceptors (Lipinski definition) is 3. The van der Waals surface area contributed by atoms with E-state index in [1.165, 1.54) is 13.2 Å². The molecule has 2 heterocycles. The molecule has 0 unspecified atom stereocenters. The number of aromatic amines is 1. The first-order valence-electron chi connectivity index (χ1n) is 8.91. The van der Waals surface area contributed by atoms with Gasteiger partial charge in [-0.15, -0.1) is 0 Å². The third-order valence-electron chi connectivity index (χ3n) is 4.95. The number of guanidine groups is 1. The molecule has 7 heteroatoms. The minimum Gasteiger partial charge on any atom is -0.469 e. The Morgan fingerprint density at radius 2 is 2.19 bits per heavy atom. The maximum absolute atomic E-state index is 13.5. The number of carbonyl (C=O) groups excluding carboxylic acids is 1. The van der Waals surface area contributed by atoms with Crippen molar-refractivity contribution < 1.29 is 13.9 Å². The average molecular weight is 360 g/mol. The van der Waals surface area contributed by atoms with Gasteiger partial charge in [-0.3, -0.25) is 9.79 Å². The minimum absolute atomic E-state index is 0.0181. The Labute approximate surface area is 152 Å². The molecular weight excluding hydrogens is 335 g/mol. The van der Waals surface area contributed by atoms with Crippen LogP contribution in [0.3, 0.4) is 0 Å². The van der Waals surface area contributed by atoms with E-state index < -0.39 is 0 Å². The van der Waals surface area contributed by atoms with Crippen molar-refractivity contribution in [2.45, 2.75) is 19.3 Å². The molecule has 1 aliphatic heterocycles. The van der Waals surface area contributed by atoms with Gasteiger partial charge in [-0.1, -0.05) is 0 Å². The number of esters is 1. The largest absolute Gasteiger partial charge is 0.469 e. The third kappa shape index (κ3) is 3.98. The van der Waals surface area contributed by atoms with Gasteiger partial charge in [0.1, 0.15) is 5.82 Å². The zero-order valence-electron chi connectivity index (χ0n) is 15.2. The Morgan fingerprint density at radius 3 is 2.88 bits per heavy atom. The summed E-state index contributed by atoms with van der Waals surface area (Å²) >= 11 is 0. The van der Waals surface area contributed by atoms with Gasteiger partial charge in [0.15, 0.2) is 5.96 Å². The highest BCUT2D eigenvalue weighted by atomic mass is 19.1. The van der Waals surface area contributed by atoms with Crippen LogP contribution in [-0.4, -0.2) is 55.6 Å². The second-order valence-electron chi connectivity index (χ2n) is 6.51. The van der Waals surface area contributed by atoms with Gasteiger partial charge in [0.2, 0.25) is 0 Å². The fraction of sp³-hybridized carbons (Fsp3) is 0.474. The lowest BCUT2D eigenvalue weighted by Crippen LogP contribution is -2.47. The SMILES string of the molecule is CN=C(NCCc1c[nH]c2ccc(F)cc12)N1CCC(C(=O)OC)CC1. The molecule has 1 aliphatic rings. The molecule has 2 aromatic rings. The van der Waals surface area contributed by atoms with Crippen LogP contribution in [0.25, 0.3) is 10.9 Å². The number of aromatic nitrogens is 1. The van der Waals surface area contributed by atoms with Crippen LogP contribution in [0.5, 0.6) is 0 Å². The molecule has 0 amide bonds. The van der Waals surface area contributed by atoms with Crippen molar-refractivity contribution in [2.75, 3.05) is 33.8 Å². The topological polar surface area (TPSA) is 69.7 Å². The summed E-state index contributed by atoms with van der Waals surface area (Å²) in [6.07, 6.45) is 4.24. The molecule has 3 rings (SSSR count). The summed E-state index contributed by atoms with van der Waals surface area (Å²) in [5.74, 6) is 0.463. The Kier molecular flexibility index (Phi) is 5.75. The molecule has 140 valence electrons. The fourth-order valence-electron chi connectivity index (χ4n) is 3.49. The Bertz CT molecular complexity index is 794. The zero-order valence-corrected chi connectivity index (χ0v) is 15.2. The van der Waals surface area contributed by atoms with E-state index in [0.29, 0.717) is 6.54 Å². The van der Waals surface area contributed by atoms with E-state index in [2.05, 4.69) is 20.2 Å². The molecule has 1 aromatic heterocycles. The molecule has 0 radical (unpaired) electrons. The van der Waals surface area contributed by atoms with Crippen LogP contribution in [-0.2, 0) is 16.0 Å². The smallest absolute Gasteiger partial charge is 0.308 e. The van der Waals surface area contributed by atoms with Crippen molar-refractivity contribution in [1.29, 1.82) is 0 Å². The summed E-state index contributed by atoms with van der Waals surface area (Å²) in [6, 6.07) is 4.78. The highest BCUT2D eigenvalue weighted by Gasteiger charge is 2.26. The second-order valence-corrected chi connectivity index (χ2v) is 6.51. The van der Waals surface area contributed by atoms with Crippen molar-refractivity contribution in [3.8, 4) is 0 Å². The lowest BCUT2D eigenvalue weighted by molar-refractivity contribution is -0.146. The van der Waals surface area contributed by atoms with Crippen molar-refractivity contribution in [2.24, 2.45) is 10.9 Å². The molecule has 26 heavy (non-hydrogen) atoms. The summed E-state index contributed by atoms with van der Waals surface area (Å²) in [7, 11) is 3.20. The number of fused-ring (bicyclic) bond motifs is 1. The number of ether oxygens (including phenoxy) is 1. The summed E-state index contributed by atoms with van der Waals surface area (Å²) in [5, 5.41) is 4.28. The van der Waals surface area contributed by atoms with E-state index in [-0.39, 0.29) is 17.7 Å². The van der Waals surface area contributed by atoms with E-state index in [0.717, 1.165) is 54.8 Å². The normalized spacial score (nSPS) is 16.1. The van der Waals surface area contributed by atoms with E-state index in [4.69, 9.17) is 4.74 Å². The first-order chi connectivity index (χ1) is 12.6. The predicted molar refractivity (Wildman–Crippen MR) is 99.6 cm³/mol. The number of aliphatic imine (C=N–C) groups is 1. The lowest BCUT2D eigenvalue weighted by Gasteiger charge is -2.33. The van der Waals surface area contributed by atoms with Crippen LogP contribution in [0.2, 0.25) is 0 Å². The van der Waals surface area contributed by atoms with Gasteiger partial charge >= 0.3 is 5.97 Å². The van der Waals surface area contributed by atoms with Gasteiger partial charge in [0.05, 0.1) is 13.0 Å². The molecule has 1 fully saturated rings. The number of likely N-dealkylation sites (tertiary alicyclic amines) is 1. The maximum Gasteiger partial charge on any atom is 0.308 e. The third-order valence-corrected chi connectivity index (χ3v) is 4.95. The Hall–Kier alpha value is -2.57. The zero-order chi connectivity index (χ0) is 18.5. The van der Waals surface area contributed by atoms with Crippen LogP contribution in [0.1, 0.15) is 18.4 Å². The van der Waals surface area contributed by atoms with E-state index >= 15 is 0 Å². The molecule has 1 aromatic carbocycles. The summed E-state index contributed by atoms with van der Waals surface area (Å²) in [6.45, 7) is 2.25. The number of halogens is 1. The van der Waals surface area contributed by atoms with Gasteiger partial charge in [-0.25, -0.2) is 4.39 Å². The summed E-state index contributed by atoms with van der Waals surface area (Å²) < 4.78 is 18.3. The maximum atomic E-state index is 13.5. The van der Waals surface area contributed by atoms with Crippen LogP contribution in [0.4, 0.5) is 4.39 Å². The number of piperidine rings is 1. The Morgan fingerprint density at radius 1 is 1.42 bits per heavy atom. The average Bonchev–Trinajstić information content (AvgIpc) is 3.07. The van der Waals surface area contributed by atoms with Crippen LogP contribution >= 0.6 is 0 Å². The molecule has 0 saturated carbocycles. The number of nitrogens with one attached hydrogen (secondary N) is 2. The van der Waals surface area contributed by atoms with Crippen molar-refractivity contribution in [3.05, 3.63) is 35.8 Å². The van der Waals surface area contributed by atoms with Crippen LogP contribution < -0.4 is 5.32 Å². The van der Waals surface area contributed by atoms with E-state index in [1.807, 2.05) is 6.20 Å². The highest BCUT2D eigenvalue weighted by molar-refractivity contribution is 5.83. The highest BCUT2D eigenvalue weighted by Crippen LogP contribution is 2.20. The van der Waals surface area contributed by atoms with Crippen molar-refractivity contribution >= 4 is 22.8 Å². The minimum atomic E-state index is -0.226. The molecule has 2 N–H and O–H groups in total. The molecular formula is C19H25FN4O2. The summed E-state index contributed by atoms with van der Waals surface area (Å²) in [4.78, 5) is 21.3. The quantitative estimate of drug-likeness (QED) is 0.499. The number of methoxy groups -OCH3 is 1. The number of nitrogens with zero attached hydrogens (tertiary/aromatic N) is 2. The first kappa shape index (κ1) is 18.2. The Balaban J connectivity index is 1.53. The number of carbonyl (C=O) groups is 1. The standard InChI is InChI=1S/C19H25FN4O2/c1-21-19(24-9-6-13(7-10-24)18(25)26-2)22-8-5-14-12-23-17-4-3-15(20)11-16(14)17/h3-4,11-13,23H,5-10H2,1-2H3,(H,21,22). The predicted octanol–water partition coefficient (Wildman–Crippen LogP) is 2.31. The molecule has 0 atom stereocenters. The first-order valence-corrected chi connectivity index (χ1v) is 8.91. The van der Waals surface area contributed by atoms with E-state index in [9.17, 15) is 9.18 Å². The van der Waals surface area contributed by atoms with E-state index in [1.54, 1.807) is 19.2 Å². The molecule has 0 bridgehead atoms. The lowest BCUT2D eigenvalue weighted by atomic mass is 9.97. The number of benzene rings is 1. The van der Waals surface area contributed by atoms with Crippen molar-refractivity contribution in [1.82, 2.24) is 15.2 Å². The van der Waals surface area contributed by atoms with Gasteiger partial charge in [0.25, 0.3) is 0 Å². The van der Waals surface area contributed by atoms with Crippen LogP contribution in [0, 0.1) is 11.7 Å².